The average molecular weight is 874 g/mol. The summed E-state index contributed by atoms with van der Waals surface area (Å²) in [6, 6.07) is 68.3. The van der Waals surface area contributed by atoms with Crippen molar-refractivity contribution in [1.82, 2.24) is 14.5 Å². The molecular weight excluding hydrogens is 827 g/mol. The Hall–Kier alpha value is -8.54. The van der Waals surface area contributed by atoms with Gasteiger partial charge < -0.3 is 9.88 Å². The van der Waals surface area contributed by atoms with Gasteiger partial charge in [0, 0.05) is 44.5 Å². The highest BCUT2D eigenvalue weighted by molar-refractivity contribution is 6.26. The number of fused-ring (bicyclic) bond motifs is 7. The number of allylic oxidation sites excluding steroid dienone is 8. The van der Waals surface area contributed by atoms with Gasteiger partial charge in [-0.3, -0.25) is 4.57 Å². The summed E-state index contributed by atoms with van der Waals surface area (Å²) in [5.74, 6) is 1.93. The number of rotatable bonds is 7. The molecule has 5 heteroatoms. The van der Waals surface area contributed by atoms with Gasteiger partial charge in [-0.25, -0.2) is 4.99 Å². The molecule has 68 heavy (non-hydrogen) atoms. The van der Waals surface area contributed by atoms with Gasteiger partial charge in [0.2, 0.25) is 5.96 Å². The van der Waals surface area contributed by atoms with Gasteiger partial charge in [-0.1, -0.05) is 225 Å². The van der Waals surface area contributed by atoms with E-state index < -0.39 is 6.17 Å². The van der Waals surface area contributed by atoms with E-state index in [0.717, 1.165) is 68.2 Å². The van der Waals surface area contributed by atoms with Crippen molar-refractivity contribution >= 4 is 55.4 Å². The van der Waals surface area contributed by atoms with Crippen molar-refractivity contribution < 1.29 is 0 Å². The van der Waals surface area contributed by atoms with Crippen molar-refractivity contribution in [3.8, 4) is 27.9 Å². The van der Waals surface area contributed by atoms with Gasteiger partial charge in [0.05, 0.1) is 27.8 Å². The molecule has 0 spiro atoms. The molecule has 0 radical (unpaired) electrons. The minimum absolute atomic E-state index is 0.187. The molecule has 3 aliphatic rings. The third-order valence-electron chi connectivity index (χ3n) is 14.1. The fraction of sp³-hybridized carbons (Fsp3) is 0.0794. The largest absolute Gasteiger partial charge is 0.344 e. The second kappa shape index (κ2) is 16.7. The van der Waals surface area contributed by atoms with Gasteiger partial charge in [-0.15, -0.1) is 0 Å². The molecule has 1 N–H and O–H groups in total. The molecule has 3 unspecified atom stereocenters. The number of amidine groups is 1. The number of benzene rings is 8. The molecule has 2 aliphatic carbocycles. The second-order valence-corrected chi connectivity index (χ2v) is 18.0. The number of hydrogen-bond acceptors (Lipinski definition) is 3. The third kappa shape index (κ3) is 6.77. The molecule has 0 saturated carbocycles. The minimum atomic E-state index is -0.399. The van der Waals surface area contributed by atoms with Crippen molar-refractivity contribution in [2.45, 2.75) is 30.8 Å². The standard InChI is InChI=1S/C63H47N5/c1-5-19-42(20-6-1)44-35-37-47(38-36-44)62-64-61(46-25-11-4-12-26-46)65-63(66-62)68-57-34-16-14-30-53(57)55-40-39-54-52-29-13-15-33-56(52)67(59(54)60(55)68)58-50(45-23-9-3-10-24-45)31-18-32-51(58)49-28-17-27-48(41-49)43-21-7-2-8-22-43/h1-21,23,25-41,43,45,62H,22,24H2,(H,64,65,66). The maximum atomic E-state index is 5.59. The van der Waals surface area contributed by atoms with Crippen LogP contribution in [0.1, 0.15) is 53.1 Å². The van der Waals surface area contributed by atoms with Crippen LogP contribution in [0.15, 0.2) is 247 Å². The number of nitrogens with zero attached hydrogens (tertiary/aromatic N) is 4. The van der Waals surface area contributed by atoms with Crippen LogP contribution in [0.5, 0.6) is 0 Å². The molecule has 324 valence electrons. The van der Waals surface area contributed by atoms with Gasteiger partial charge in [-0.2, -0.15) is 4.99 Å². The lowest BCUT2D eigenvalue weighted by atomic mass is 9.86. The van der Waals surface area contributed by atoms with Crippen molar-refractivity contribution in [2.24, 2.45) is 9.98 Å². The Balaban J connectivity index is 1.11. The van der Waals surface area contributed by atoms with E-state index in [2.05, 4.69) is 251 Å². The third-order valence-corrected chi connectivity index (χ3v) is 14.1. The van der Waals surface area contributed by atoms with Crippen LogP contribution >= 0.6 is 0 Å². The van der Waals surface area contributed by atoms with Crippen molar-refractivity contribution in [3.63, 3.8) is 0 Å². The Morgan fingerprint density at radius 1 is 0.441 bits per heavy atom. The highest BCUT2D eigenvalue weighted by atomic mass is 15.3. The van der Waals surface area contributed by atoms with Crippen LogP contribution in [-0.4, -0.2) is 20.9 Å². The molecule has 0 fully saturated rings. The van der Waals surface area contributed by atoms with E-state index >= 15 is 0 Å². The quantitative estimate of drug-likeness (QED) is 0.170. The smallest absolute Gasteiger partial charge is 0.234 e. The predicted octanol–water partition coefficient (Wildman–Crippen LogP) is 15.4. The lowest BCUT2D eigenvalue weighted by Crippen LogP contribution is -2.35. The molecule has 8 aromatic carbocycles. The fourth-order valence-corrected chi connectivity index (χ4v) is 10.8. The van der Waals surface area contributed by atoms with Crippen LogP contribution in [0.25, 0.3) is 71.6 Å². The molecule has 10 aromatic rings. The van der Waals surface area contributed by atoms with E-state index in [1.54, 1.807) is 0 Å². The molecule has 0 bridgehead atoms. The van der Waals surface area contributed by atoms with Crippen LogP contribution in [-0.2, 0) is 0 Å². The molecule has 1 aliphatic heterocycles. The van der Waals surface area contributed by atoms with Crippen LogP contribution < -0.4 is 5.32 Å². The average Bonchev–Trinajstić information content (AvgIpc) is 3.95. The van der Waals surface area contributed by atoms with Gasteiger partial charge in [0.25, 0.3) is 0 Å². The summed E-state index contributed by atoms with van der Waals surface area (Å²) in [6.45, 7) is 0. The van der Waals surface area contributed by atoms with E-state index in [1.165, 1.54) is 44.3 Å². The van der Waals surface area contributed by atoms with Crippen molar-refractivity contribution in [3.05, 3.63) is 259 Å². The maximum Gasteiger partial charge on any atom is 0.234 e. The Morgan fingerprint density at radius 2 is 1.03 bits per heavy atom. The van der Waals surface area contributed by atoms with Crippen LogP contribution in [0.2, 0.25) is 0 Å². The van der Waals surface area contributed by atoms with Crippen LogP contribution in [0.4, 0.5) is 0 Å². The molecule has 5 nitrogen and oxygen atoms in total. The number of hydrogen-bond donors (Lipinski definition) is 1. The van der Waals surface area contributed by atoms with Crippen LogP contribution in [0, 0.1) is 0 Å². The second-order valence-electron chi connectivity index (χ2n) is 18.0. The topological polar surface area (TPSA) is 46.6 Å². The van der Waals surface area contributed by atoms with E-state index in [1.807, 2.05) is 0 Å². The van der Waals surface area contributed by atoms with Crippen LogP contribution in [0.3, 0.4) is 0 Å². The summed E-state index contributed by atoms with van der Waals surface area (Å²) in [5, 5.41) is 8.43. The van der Waals surface area contributed by atoms with Gasteiger partial charge >= 0.3 is 0 Å². The number of aromatic nitrogens is 2. The highest BCUT2D eigenvalue weighted by Gasteiger charge is 2.29. The van der Waals surface area contributed by atoms with E-state index in [0.29, 0.717) is 11.9 Å². The Bertz CT molecular complexity index is 3770. The Labute approximate surface area is 395 Å². The van der Waals surface area contributed by atoms with E-state index in [9.17, 15) is 0 Å². The highest BCUT2D eigenvalue weighted by Crippen LogP contribution is 2.46. The first kappa shape index (κ1) is 39.8. The number of para-hydroxylation sites is 3. The summed E-state index contributed by atoms with van der Waals surface area (Å²) >= 11 is 0. The van der Waals surface area contributed by atoms with E-state index in [-0.39, 0.29) is 5.92 Å². The van der Waals surface area contributed by atoms with Crippen molar-refractivity contribution in [2.75, 3.05) is 0 Å². The predicted molar refractivity (Wildman–Crippen MR) is 284 cm³/mol. The normalized spacial score (nSPS) is 17.8. The zero-order chi connectivity index (χ0) is 45.0. The Morgan fingerprint density at radius 3 is 1.72 bits per heavy atom. The first-order chi connectivity index (χ1) is 33.7. The summed E-state index contributed by atoms with van der Waals surface area (Å²) in [4.78, 5) is 11.1. The molecule has 13 rings (SSSR count). The molecular formula is C63H47N5. The Kier molecular flexibility index (Phi) is 9.78. The molecule has 3 atom stereocenters. The lowest BCUT2D eigenvalue weighted by Gasteiger charge is -2.25. The fourth-order valence-electron chi connectivity index (χ4n) is 10.8. The van der Waals surface area contributed by atoms with Gasteiger partial charge in [-0.05, 0) is 58.4 Å². The summed E-state index contributed by atoms with van der Waals surface area (Å²) in [6.07, 6.45) is 19.5. The molecule has 2 aromatic heterocycles. The first-order valence-electron chi connectivity index (χ1n) is 23.7. The molecule has 0 amide bonds. The summed E-state index contributed by atoms with van der Waals surface area (Å²) < 4.78 is 4.92. The zero-order valence-corrected chi connectivity index (χ0v) is 37.5. The maximum absolute atomic E-state index is 5.59. The minimum Gasteiger partial charge on any atom is -0.344 e. The SMILES string of the molecule is C1=CCC(c2cccc(-c3cccc(C4C=CC=CC4)c3-n3c4ccccc4c4ccc5c6ccccc6n(C6=NC(c7ccc(-c8ccccc8)cc7)NC(c7ccccc7)=N6)c5c43)c2)C=C1. The zero-order valence-electron chi connectivity index (χ0n) is 37.5. The van der Waals surface area contributed by atoms with Gasteiger partial charge in [0.15, 0.2) is 0 Å². The summed E-state index contributed by atoms with van der Waals surface area (Å²) in [7, 11) is 0. The lowest BCUT2D eigenvalue weighted by molar-refractivity contribution is 0.668. The first-order valence-corrected chi connectivity index (χ1v) is 23.7. The number of aliphatic imine (C=N–C) groups is 2. The molecule has 0 saturated heterocycles. The number of nitrogens with one attached hydrogen (secondary N) is 1. The van der Waals surface area contributed by atoms with Gasteiger partial charge in [0.1, 0.15) is 12.0 Å². The van der Waals surface area contributed by atoms with Crippen molar-refractivity contribution in [1.29, 1.82) is 0 Å². The van der Waals surface area contributed by atoms with E-state index in [4.69, 9.17) is 9.98 Å². The summed E-state index contributed by atoms with van der Waals surface area (Å²) in [5.41, 5.74) is 15.0. The molecule has 3 heterocycles. The monoisotopic (exact) mass is 873 g/mol.